The van der Waals surface area contributed by atoms with Crippen molar-refractivity contribution in [1.82, 2.24) is 30.5 Å². The van der Waals surface area contributed by atoms with Gasteiger partial charge >= 0.3 is 0 Å². The summed E-state index contributed by atoms with van der Waals surface area (Å²) in [6, 6.07) is 0.463. The summed E-state index contributed by atoms with van der Waals surface area (Å²) in [6.45, 7) is 1.97. The third kappa shape index (κ3) is 4.78. The van der Waals surface area contributed by atoms with Gasteiger partial charge in [0.25, 0.3) is 5.91 Å². The fraction of sp³-hybridized carbons (Fsp3) is 0.579. The molecular formula is C19H26N6O3. The number of rotatable bonds is 9. The molecule has 2 fully saturated rings. The average molecular weight is 386 g/mol. The molecule has 4 rings (SSSR count). The maximum Gasteiger partial charge on any atom is 0.273 e. The van der Waals surface area contributed by atoms with Crippen molar-refractivity contribution in [3.63, 3.8) is 0 Å². The van der Waals surface area contributed by atoms with Crippen LogP contribution >= 0.6 is 0 Å². The number of hydrogen-bond donors (Lipinski definition) is 3. The van der Waals surface area contributed by atoms with E-state index in [1.807, 2.05) is 0 Å². The van der Waals surface area contributed by atoms with Crippen LogP contribution in [0.25, 0.3) is 0 Å². The highest BCUT2D eigenvalue weighted by molar-refractivity contribution is 5.91. The highest BCUT2D eigenvalue weighted by atomic mass is 16.3. The van der Waals surface area contributed by atoms with E-state index in [0.29, 0.717) is 25.2 Å². The molecule has 0 radical (unpaired) electrons. The number of carbonyl (C=O) groups excluding carboxylic acids is 2. The van der Waals surface area contributed by atoms with E-state index >= 15 is 0 Å². The van der Waals surface area contributed by atoms with Crippen molar-refractivity contribution in [2.45, 2.75) is 50.7 Å². The lowest BCUT2D eigenvalue weighted by Gasteiger charge is -2.30. The molecule has 0 bridgehead atoms. The highest BCUT2D eigenvalue weighted by Gasteiger charge is 2.38. The average Bonchev–Trinajstić information content (AvgIpc) is 3.12. The molecule has 0 unspecified atom stereocenters. The molecule has 3 N–H and O–H groups in total. The molecule has 150 valence electrons. The van der Waals surface area contributed by atoms with Crippen molar-refractivity contribution >= 4 is 11.8 Å². The van der Waals surface area contributed by atoms with Crippen molar-refractivity contribution < 1.29 is 14.0 Å². The maximum atomic E-state index is 12.4. The van der Waals surface area contributed by atoms with Crippen LogP contribution in [0.5, 0.6) is 0 Å². The summed E-state index contributed by atoms with van der Waals surface area (Å²) in [5, 5.41) is 5.89. The van der Waals surface area contributed by atoms with Crippen LogP contribution in [0.4, 0.5) is 0 Å². The Hall–Kier alpha value is -2.68. The highest BCUT2D eigenvalue weighted by Crippen LogP contribution is 2.35. The van der Waals surface area contributed by atoms with Crippen molar-refractivity contribution in [2.24, 2.45) is 5.92 Å². The van der Waals surface area contributed by atoms with Crippen LogP contribution in [-0.2, 0) is 11.3 Å². The Labute approximate surface area is 163 Å². The van der Waals surface area contributed by atoms with Crippen molar-refractivity contribution in [2.75, 3.05) is 13.1 Å². The van der Waals surface area contributed by atoms with E-state index in [4.69, 9.17) is 4.42 Å². The van der Waals surface area contributed by atoms with Crippen LogP contribution in [0, 0.1) is 5.92 Å². The smallest absolute Gasteiger partial charge is 0.273 e. The van der Waals surface area contributed by atoms with Gasteiger partial charge in [0, 0.05) is 44.0 Å². The monoisotopic (exact) mass is 386 g/mol. The van der Waals surface area contributed by atoms with Crippen LogP contribution in [0.2, 0.25) is 0 Å². The molecule has 2 aliphatic rings. The molecule has 1 saturated heterocycles. The van der Waals surface area contributed by atoms with Crippen LogP contribution in [-0.4, -0.2) is 56.8 Å². The molecule has 1 aliphatic carbocycles. The summed E-state index contributed by atoms with van der Waals surface area (Å²) in [5.74, 6) is 1.29. The number of nitrogens with one attached hydrogen (secondary N) is 3. The molecule has 9 nitrogen and oxygen atoms in total. The fourth-order valence-electron chi connectivity index (χ4n) is 3.84. The third-order valence-electron chi connectivity index (χ3n) is 5.53. The van der Waals surface area contributed by atoms with Gasteiger partial charge in [-0.2, -0.15) is 0 Å². The summed E-state index contributed by atoms with van der Waals surface area (Å²) < 4.78 is 4.87. The van der Waals surface area contributed by atoms with E-state index in [-0.39, 0.29) is 23.9 Å². The van der Waals surface area contributed by atoms with Crippen molar-refractivity contribution in [3.8, 4) is 0 Å². The van der Waals surface area contributed by atoms with Gasteiger partial charge in [0.15, 0.2) is 12.1 Å². The zero-order chi connectivity index (χ0) is 19.3. The van der Waals surface area contributed by atoms with Gasteiger partial charge in [-0.25, -0.2) is 9.97 Å². The predicted octanol–water partition coefficient (Wildman–Crippen LogP) is 1.08. The van der Waals surface area contributed by atoms with E-state index in [2.05, 4.69) is 30.5 Å². The lowest BCUT2D eigenvalue weighted by atomic mass is 10.1. The van der Waals surface area contributed by atoms with Crippen molar-refractivity contribution in [3.05, 3.63) is 36.6 Å². The molecule has 9 heteroatoms. The summed E-state index contributed by atoms with van der Waals surface area (Å²) >= 11 is 0. The van der Waals surface area contributed by atoms with E-state index < -0.39 is 0 Å². The number of aromatic amines is 1. The lowest BCUT2D eigenvalue weighted by Crippen LogP contribution is -2.45. The third-order valence-corrected chi connectivity index (χ3v) is 5.53. The van der Waals surface area contributed by atoms with Crippen molar-refractivity contribution in [1.29, 1.82) is 0 Å². The largest absolute Gasteiger partial charge is 0.451 e. The van der Waals surface area contributed by atoms with E-state index in [1.54, 1.807) is 12.4 Å². The quantitative estimate of drug-likeness (QED) is 0.594. The van der Waals surface area contributed by atoms with Gasteiger partial charge in [-0.3, -0.25) is 14.5 Å². The van der Waals surface area contributed by atoms with Crippen LogP contribution in [0.1, 0.15) is 48.4 Å². The molecule has 2 aromatic rings. The zero-order valence-electron chi connectivity index (χ0n) is 15.8. The minimum atomic E-state index is -0.222. The number of hydrogen-bond acceptors (Lipinski definition) is 6. The maximum absolute atomic E-state index is 12.4. The topological polar surface area (TPSA) is 116 Å². The summed E-state index contributed by atoms with van der Waals surface area (Å²) in [7, 11) is 0. The molecule has 0 aromatic carbocycles. The number of amides is 2. The summed E-state index contributed by atoms with van der Waals surface area (Å²) in [6.07, 6.45) is 10.9. The molecule has 3 heterocycles. The van der Waals surface area contributed by atoms with Gasteiger partial charge < -0.3 is 20.0 Å². The van der Waals surface area contributed by atoms with E-state index in [9.17, 15) is 9.59 Å². The molecular weight excluding hydrogens is 360 g/mol. The second kappa shape index (κ2) is 8.55. The lowest BCUT2D eigenvalue weighted by molar-refractivity contribution is -0.122. The predicted molar refractivity (Wildman–Crippen MR) is 100 cm³/mol. The number of likely N-dealkylation sites (tertiary alicyclic amines) is 1. The molecule has 2 aromatic heterocycles. The first-order valence-corrected chi connectivity index (χ1v) is 9.86. The Bertz CT molecular complexity index is 772. The first-order valence-electron chi connectivity index (χ1n) is 9.86. The number of oxazole rings is 1. The summed E-state index contributed by atoms with van der Waals surface area (Å²) in [5.41, 5.74) is 0.292. The molecule has 2 atom stereocenters. The Balaban J connectivity index is 1.29. The number of imidazole rings is 1. The van der Waals surface area contributed by atoms with E-state index in [0.717, 1.165) is 31.1 Å². The van der Waals surface area contributed by atoms with Gasteiger partial charge in [-0.1, -0.05) is 0 Å². The van der Waals surface area contributed by atoms with Crippen LogP contribution in [0.15, 0.2) is 29.5 Å². The van der Waals surface area contributed by atoms with E-state index in [1.165, 1.54) is 25.5 Å². The first-order chi connectivity index (χ1) is 13.7. The second-order valence-corrected chi connectivity index (χ2v) is 7.63. The molecule has 2 amide bonds. The normalized spacial score (nSPS) is 22.3. The van der Waals surface area contributed by atoms with Gasteiger partial charge in [-0.05, 0) is 31.6 Å². The minimum Gasteiger partial charge on any atom is -0.451 e. The fourth-order valence-corrected chi connectivity index (χ4v) is 3.84. The summed E-state index contributed by atoms with van der Waals surface area (Å²) in [4.78, 5) is 38.0. The number of carbonyl (C=O) groups is 2. The number of nitrogens with zero attached hydrogens (tertiary/aromatic N) is 3. The van der Waals surface area contributed by atoms with Gasteiger partial charge in [0.2, 0.25) is 5.91 Å². The van der Waals surface area contributed by atoms with Crippen LogP contribution < -0.4 is 10.6 Å². The van der Waals surface area contributed by atoms with Crippen LogP contribution in [0.3, 0.4) is 0 Å². The first kappa shape index (κ1) is 18.7. The SMILES string of the molecule is O=C(C[C@H]1CC[C@@H](CNC(=O)c2cocn2)N1CC1CC1)NCc1ncc[nH]1. The minimum absolute atomic E-state index is 0.0366. The number of H-pyrrole nitrogens is 1. The molecule has 1 saturated carbocycles. The molecule has 0 spiro atoms. The Morgan fingerprint density at radius 2 is 2.04 bits per heavy atom. The number of aromatic nitrogens is 3. The van der Waals surface area contributed by atoms with Gasteiger partial charge in [0.1, 0.15) is 12.1 Å². The Morgan fingerprint density at radius 1 is 1.18 bits per heavy atom. The second-order valence-electron chi connectivity index (χ2n) is 7.63. The Kier molecular flexibility index (Phi) is 5.70. The van der Waals surface area contributed by atoms with Gasteiger partial charge in [0.05, 0.1) is 6.54 Å². The van der Waals surface area contributed by atoms with Gasteiger partial charge in [-0.15, -0.1) is 0 Å². The Morgan fingerprint density at radius 3 is 2.75 bits per heavy atom. The zero-order valence-corrected chi connectivity index (χ0v) is 15.8. The molecule has 1 aliphatic heterocycles. The standard InChI is InChI=1S/C19H26N6O3/c26-18(22-9-17-20-5-6-21-17)7-14-3-4-15(25(14)10-13-1-2-13)8-23-19(27)16-11-28-12-24-16/h5-6,11-15H,1-4,7-10H2,(H,20,21)(H,22,26)(H,23,27)/t14-,15+/m1/s1. The molecule has 28 heavy (non-hydrogen) atoms.